The van der Waals surface area contributed by atoms with Crippen LogP contribution in [-0.4, -0.2) is 21.9 Å². The molecular formula is C10H12O4S. The first-order valence-corrected chi connectivity index (χ1v) is 5.46. The van der Waals surface area contributed by atoms with Crippen molar-refractivity contribution in [2.45, 2.75) is 13.3 Å². The Morgan fingerprint density at radius 2 is 2.33 bits per heavy atom. The minimum Gasteiger partial charge on any atom is -0.481 e. The van der Waals surface area contributed by atoms with Gasteiger partial charge in [-0.15, -0.1) is 0 Å². The van der Waals surface area contributed by atoms with Gasteiger partial charge in [-0.1, -0.05) is 11.8 Å². The number of thioether (sulfide) groups is 1. The van der Waals surface area contributed by atoms with Gasteiger partial charge >= 0.3 is 5.97 Å². The van der Waals surface area contributed by atoms with E-state index in [9.17, 15) is 9.59 Å². The fraction of sp³-hybridized carbons (Fsp3) is 0.400. The number of carbonyl (C=O) groups is 2. The summed E-state index contributed by atoms with van der Waals surface area (Å²) in [5.41, 5.74) is 0. The maximum atomic E-state index is 10.9. The molecule has 0 spiro atoms. The lowest BCUT2D eigenvalue weighted by atomic mass is 10.1. The number of furan rings is 1. The van der Waals surface area contributed by atoms with Crippen molar-refractivity contribution in [3.05, 3.63) is 24.2 Å². The number of carbonyl (C=O) groups excluding carboxylic acids is 1. The molecule has 0 radical (unpaired) electrons. The zero-order valence-corrected chi connectivity index (χ0v) is 9.12. The van der Waals surface area contributed by atoms with Crippen LogP contribution in [-0.2, 0) is 16.0 Å². The Hall–Kier alpha value is -1.23. The third-order valence-electron chi connectivity index (χ3n) is 1.86. The van der Waals surface area contributed by atoms with E-state index in [1.54, 1.807) is 12.1 Å². The molecule has 1 rings (SSSR count). The summed E-state index contributed by atoms with van der Waals surface area (Å²) in [7, 11) is 0. The zero-order valence-electron chi connectivity index (χ0n) is 8.30. The highest BCUT2D eigenvalue weighted by Gasteiger charge is 2.20. The molecule has 0 fully saturated rings. The minimum atomic E-state index is -0.903. The van der Waals surface area contributed by atoms with Crippen LogP contribution in [0.15, 0.2) is 22.8 Å². The van der Waals surface area contributed by atoms with Gasteiger partial charge in [0, 0.05) is 19.1 Å². The Balaban J connectivity index is 2.51. The fourth-order valence-electron chi connectivity index (χ4n) is 1.11. The molecule has 4 nitrogen and oxygen atoms in total. The Bertz CT molecular complexity index is 331. The van der Waals surface area contributed by atoms with Gasteiger partial charge in [0.15, 0.2) is 5.12 Å². The molecule has 0 saturated heterocycles. The van der Waals surface area contributed by atoms with Gasteiger partial charge < -0.3 is 9.52 Å². The molecule has 0 aliphatic heterocycles. The molecule has 15 heavy (non-hydrogen) atoms. The third-order valence-corrected chi connectivity index (χ3v) is 2.84. The fourth-order valence-corrected chi connectivity index (χ4v) is 1.80. The van der Waals surface area contributed by atoms with Gasteiger partial charge in [0.2, 0.25) is 0 Å². The number of hydrogen-bond donors (Lipinski definition) is 1. The Morgan fingerprint density at radius 1 is 1.60 bits per heavy atom. The summed E-state index contributed by atoms with van der Waals surface area (Å²) < 4.78 is 5.06. The van der Waals surface area contributed by atoms with Gasteiger partial charge in [-0.25, -0.2) is 0 Å². The van der Waals surface area contributed by atoms with Gasteiger partial charge in [-0.05, 0) is 12.1 Å². The van der Waals surface area contributed by atoms with Crippen molar-refractivity contribution in [3.8, 4) is 0 Å². The second kappa shape index (κ2) is 5.60. The topological polar surface area (TPSA) is 67.5 Å². The Kier molecular flexibility index (Phi) is 4.42. The largest absolute Gasteiger partial charge is 0.481 e. The highest BCUT2D eigenvalue weighted by molar-refractivity contribution is 8.13. The predicted molar refractivity (Wildman–Crippen MR) is 56.7 cm³/mol. The summed E-state index contributed by atoms with van der Waals surface area (Å²) in [5, 5.41) is 8.85. The molecule has 0 aliphatic carbocycles. The summed E-state index contributed by atoms with van der Waals surface area (Å²) in [6.07, 6.45) is 1.83. The van der Waals surface area contributed by atoms with E-state index in [0.29, 0.717) is 12.2 Å². The van der Waals surface area contributed by atoms with Crippen molar-refractivity contribution in [1.82, 2.24) is 0 Å². The number of rotatable bonds is 5. The summed E-state index contributed by atoms with van der Waals surface area (Å²) >= 11 is 1.03. The quantitative estimate of drug-likeness (QED) is 0.832. The standard InChI is InChI=1S/C10H12O4S/c1-7(11)15-6-8(10(12)13)5-9-3-2-4-14-9/h2-4,8H,5-6H2,1H3,(H,12,13). The van der Waals surface area contributed by atoms with E-state index in [1.807, 2.05) is 0 Å². The second-order valence-corrected chi connectivity index (χ2v) is 4.32. The van der Waals surface area contributed by atoms with Crippen LogP contribution in [0.25, 0.3) is 0 Å². The van der Waals surface area contributed by atoms with Crippen LogP contribution >= 0.6 is 11.8 Å². The molecular weight excluding hydrogens is 216 g/mol. The van der Waals surface area contributed by atoms with Crippen LogP contribution in [0.3, 0.4) is 0 Å². The van der Waals surface area contributed by atoms with E-state index in [0.717, 1.165) is 11.8 Å². The predicted octanol–water partition coefficient (Wildman–Crippen LogP) is 1.80. The van der Waals surface area contributed by atoms with E-state index >= 15 is 0 Å². The van der Waals surface area contributed by atoms with Crippen molar-refractivity contribution in [3.63, 3.8) is 0 Å². The molecule has 0 bridgehead atoms. The van der Waals surface area contributed by atoms with Crippen LogP contribution in [0.5, 0.6) is 0 Å². The van der Waals surface area contributed by atoms with Crippen molar-refractivity contribution in [1.29, 1.82) is 0 Å². The van der Waals surface area contributed by atoms with Crippen LogP contribution in [0.2, 0.25) is 0 Å². The van der Waals surface area contributed by atoms with Gasteiger partial charge in [-0.3, -0.25) is 9.59 Å². The van der Waals surface area contributed by atoms with Gasteiger partial charge in [0.25, 0.3) is 0 Å². The highest BCUT2D eigenvalue weighted by atomic mass is 32.2. The molecule has 0 amide bonds. The summed E-state index contributed by atoms with van der Waals surface area (Å²) in [5.74, 6) is -0.567. The average Bonchev–Trinajstić information content (AvgIpc) is 2.63. The minimum absolute atomic E-state index is 0.0688. The summed E-state index contributed by atoms with van der Waals surface area (Å²) in [4.78, 5) is 21.6. The summed E-state index contributed by atoms with van der Waals surface area (Å²) in [6.45, 7) is 1.43. The van der Waals surface area contributed by atoms with E-state index in [1.165, 1.54) is 13.2 Å². The Labute approximate surface area is 91.7 Å². The maximum absolute atomic E-state index is 10.9. The monoisotopic (exact) mass is 228 g/mol. The highest BCUT2D eigenvalue weighted by Crippen LogP contribution is 2.15. The number of carboxylic acids is 1. The lowest BCUT2D eigenvalue weighted by Gasteiger charge is -2.08. The van der Waals surface area contributed by atoms with Crippen molar-refractivity contribution >= 4 is 22.8 Å². The molecule has 0 saturated carbocycles. The van der Waals surface area contributed by atoms with Gasteiger partial charge in [0.1, 0.15) is 5.76 Å². The van der Waals surface area contributed by atoms with E-state index in [4.69, 9.17) is 9.52 Å². The van der Waals surface area contributed by atoms with Crippen molar-refractivity contribution in [2.24, 2.45) is 5.92 Å². The van der Waals surface area contributed by atoms with E-state index in [-0.39, 0.29) is 10.9 Å². The number of aliphatic carboxylic acids is 1. The maximum Gasteiger partial charge on any atom is 0.307 e. The lowest BCUT2D eigenvalue weighted by Crippen LogP contribution is -2.19. The molecule has 1 N–H and O–H groups in total. The zero-order chi connectivity index (χ0) is 11.3. The molecule has 1 aromatic heterocycles. The molecule has 0 aromatic carbocycles. The van der Waals surface area contributed by atoms with E-state index < -0.39 is 11.9 Å². The van der Waals surface area contributed by atoms with Crippen LogP contribution < -0.4 is 0 Å². The lowest BCUT2D eigenvalue weighted by molar-refractivity contribution is -0.140. The molecule has 1 heterocycles. The van der Waals surface area contributed by atoms with Crippen molar-refractivity contribution in [2.75, 3.05) is 5.75 Å². The number of carboxylic acid groups (broad SMARTS) is 1. The van der Waals surface area contributed by atoms with Crippen molar-refractivity contribution < 1.29 is 19.1 Å². The van der Waals surface area contributed by atoms with E-state index in [2.05, 4.69) is 0 Å². The third kappa shape index (κ3) is 4.20. The summed E-state index contributed by atoms with van der Waals surface area (Å²) in [6, 6.07) is 3.45. The average molecular weight is 228 g/mol. The molecule has 82 valence electrons. The first kappa shape index (κ1) is 11.8. The Morgan fingerprint density at radius 3 is 2.80 bits per heavy atom. The second-order valence-electron chi connectivity index (χ2n) is 3.12. The smallest absolute Gasteiger partial charge is 0.307 e. The number of hydrogen-bond acceptors (Lipinski definition) is 4. The van der Waals surface area contributed by atoms with Crippen LogP contribution in [0, 0.1) is 5.92 Å². The van der Waals surface area contributed by atoms with Gasteiger partial charge in [-0.2, -0.15) is 0 Å². The van der Waals surface area contributed by atoms with Crippen LogP contribution in [0.4, 0.5) is 0 Å². The molecule has 1 atom stereocenters. The van der Waals surface area contributed by atoms with Crippen LogP contribution in [0.1, 0.15) is 12.7 Å². The first-order chi connectivity index (χ1) is 7.09. The first-order valence-electron chi connectivity index (χ1n) is 4.48. The molecule has 0 aliphatic rings. The molecule has 5 heteroatoms. The molecule has 1 aromatic rings. The SMILES string of the molecule is CC(=O)SCC(Cc1ccco1)C(=O)O. The normalized spacial score (nSPS) is 12.3. The molecule has 1 unspecified atom stereocenters. The van der Waals surface area contributed by atoms with Gasteiger partial charge in [0.05, 0.1) is 12.2 Å².